The Hall–Kier alpha value is -0.623. The first-order chi connectivity index (χ1) is 9.42. The van der Waals surface area contributed by atoms with Gasteiger partial charge in [-0.1, -0.05) is 27.7 Å². The molecule has 1 rings (SSSR count). The van der Waals surface area contributed by atoms with Crippen molar-refractivity contribution in [2.24, 2.45) is 0 Å². The molecular formula is C15H27BrN2O2Si. The summed E-state index contributed by atoms with van der Waals surface area (Å²) < 4.78 is 8.50. The second-order valence-corrected chi connectivity index (χ2v) is 12.6. The highest BCUT2D eigenvalue weighted by atomic mass is 79.9. The van der Waals surface area contributed by atoms with Gasteiger partial charge in [0, 0.05) is 6.04 Å². The van der Waals surface area contributed by atoms with Crippen molar-refractivity contribution in [1.29, 1.82) is 0 Å². The maximum atomic E-state index is 12.6. The summed E-state index contributed by atoms with van der Waals surface area (Å²) in [4.78, 5) is 17.1. The van der Waals surface area contributed by atoms with Crippen molar-refractivity contribution in [3.8, 4) is 6.01 Å². The first-order valence-electron chi connectivity index (χ1n) is 7.40. The van der Waals surface area contributed by atoms with E-state index in [0.717, 1.165) is 6.42 Å². The molecule has 0 aliphatic heterocycles. The first kappa shape index (κ1) is 18.4. The predicted octanol–water partition coefficient (Wildman–Crippen LogP) is 4.67. The molecule has 0 aliphatic carbocycles. The fourth-order valence-corrected chi connectivity index (χ4v) is 2.80. The van der Waals surface area contributed by atoms with E-state index in [-0.39, 0.29) is 16.6 Å². The van der Waals surface area contributed by atoms with Gasteiger partial charge < -0.3 is 4.43 Å². The van der Waals surface area contributed by atoms with Gasteiger partial charge in [-0.15, -0.1) is 0 Å². The molecule has 1 aromatic rings. The molecule has 1 aromatic heterocycles. The third kappa shape index (κ3) is 3.77. The topological polar surface area (TPSA) is 44.1 Å². The number of aryl methyl sites for hydroxylation is 1. The van der Waals surface area contributed by atoms with Gasteiger partial charge in [0.15, 0.2) is 0 Å². The van der Waals surface area contributed by atoms with Gasteiger partial charge in [0.2, 0.25) is 0 Å². The van der Waals surface area contributed by atoms with Gasteiger partial charge in [-0.05, 0) is 54.3 Å². The lowest BCUT2D eigenvalue weighted by Crippen LogP contribution is -2.45. The standard InChI is InChI=1S/C15H27BrN2O2Si/c1-9-10(2)18-13(19)12(16)11(3)17-14(18)20-21(7,8)15(4,5)6/h10H,9H2,1-8H3. The SMILES string of the molecule is CCC(C)n1c(O[Si](C)(C)C(C)(C)C)nc(C)c(Br)c1=O. The highest BCUT2D eigenvalue weighted by molar-refractivity contribution is 9.10. The molecule has 1 atom stereocenters. The summed E-state index contributed by atoms with van der Waals surface area (Å²) in [5, 5.41) is 0.0615. The number of halogens is 1. The van der Waals surface area contributed by atoms with Gasteiger partial charge in [0.25, 0.3) is 19.9 Å². The smallest absolute Gasteiger partial charge is 0.285 e. The molecule has 0 N–H and O–H groups in total. The molecule has 0 aromatic carbocycles. The summed E-state index contributed by atoms with van der Waals surface area (Å²) in [6, 6.07) is 0.517. The zero-order valence-electron chi connectivity index (χ0n) is 14.4. The quantitative estimate of drug-likeness (QED) is 0.719. The number of aromatic nitrogens is 2. The number of hydrogen-bond donors (Lipinski definition) is 0. The van der Waals surface area contributed by atoms with E-state index in [9.17, 15) is 4.79 Å². The highest BCUT2D eigenvalue weighted by Gasteiger charge is 2.40. The summed E-state index contributed by atoms with van der Waals surface area (Å²) >= 11 is 3.34. The van der Waals surface area contributed by atoms with E-state index in [1.165, 1.54) is 0 Å². The average molecular weight is 375 g/mol. The average Bonchev–Trinajstić information content (AvgIpc) is 2.34. The van der Waals surface area contributed by atoms with Crippen LogP contribution in [0.5, 0.6) is 6.01 Å². The molecular weight excluding hydrogens is 348 g/mol. The van der Waals surface area contributed by atoms with E-state index >= 15 is 0 Å². The molecule has 0 radical (unpaired) electrons. The Morgan fingerprint density at radius 3 is 2.33 bits per heavy atom. The van der Waals surface area contributed by atoms with Crippen molar-refractivity contribution >= 4 is 24.2 Å². The van der Waals surface area contributed by atoms with Crippen molar-refractivity contribution < 1.29 is 4.43 Å². The minimum Gasteiger partial charge on any atom is -0.518 e. The molecule has 120 valence electrons. The van der Waals surface area contributed by atoms with Crippen molar-refractivity contribution in [1.82, 2.24) is 9.55 Å². The Bertz CT molecular complexity index is 576. The summed E-state index contributed by atoms with van der Waals surface area (Å²) in [6.07, 6.45) is 0.852. The molecule has 6 heteroatoms. The molecule has 0 saturated carbocycles. The Balaban J connectivity index is 3.46. The number of hydrogen-bond acceptors (Lipinski definition) is 3. The lowest BCUT2D eigenvalue weighted by atomic mass is 10.2. The van der Waals surface area contributed by atoms with E-state index in [2.05, 4.69) is 61.7 Å². The largest absolute Gasteiger partial charge is 0.518 e. The molecule has 0 bridgehead atoms. The third-order valence-corrected chi connectivity index (χ3v) is 9.60. The maximum absolute atomic E-state index is 12.6. The van der Waals surface area contributed by atoms with Gasteiger partial charge >= 0.3 is 0 Å². The van der Waals surface area contributed by atoms with Crippen LogP contribution >= 0.6 is 15.9 Å². The Kier molecular flexibility index (Phi) is 5.48. The molecule has 0 fully saturated rings. The van der Waals surface area contributed by atoms with Crippen molar-refractivity contribution in [2.75, 3.05) is 0 Å². The van der Waals surface area contributed by atoms with Crippen LogP contribution in [-0.2, 0) is 0 Å². The van der Waals surface area contributed by atoms with Crippen LogP contribution in [0.4, 0.5) is 0 Å². The predicted molar refractivity (Wildman–Crippen MR) is 93.8 cm³/mol. The van der Waals surface area contributed by atoms with Gasteiger partial charge in [0.1, 0.15) is 4.47 Å². The fraction of sp³-hybridized carbons (Fsp3) is 0.733. The van der Waals surface area contributed by atoms with E-state index in [4.69, 9.17) is 4.43 Å². The van der Waals surface area contributed by atoms with Crippen LogP contribution in [0.15, 0.2) is 9.27 Å². The van der Waals surface area contributed by atoms with Crippen LogP contribution in [0.2, 0.25) is 18.1 Å². The van der Waals surface area contributed by atoms with Crippen LogP contribution in [-0.4, -0.2) is 17.9 Å². The number of rotatable bonds is 4. The van der Waals surface area contributed by atoms with Gasteiger partial charge in [-0.3, -0.25) is 9.36 Å². The van der Waals surface area contributed by atoms with Gasteiger partial charge in [0.05, 0.1) is 5.69 Å². The van der Waals surface area contributed by atoms with E-state index in [0.29, 0.717) is 16.2 Å². The molecule has 0 amide bonds. The Morgan fingerprint density at radius 2 is 1.90 bits per heavy atom. The Labute approximate surface area is 137 Å². The second-order valence-electron chi connectivity index (χ2n) is 7.09. The zero-order chi connectivity index (χ0) is 16.6. The summed E-state index contributed by atoms with van der Waals surface area (Å²) in [5.74, 6) is 0. The van der Waals surface area contributed by atoms with Crippen LogP contribution in [0.1, 0.15) is 52.8 Å². The fourth-order valence-electron chi connectivity index (χ4n) is 1.62. The monoisotopic (exact) mass is 374 g/mol. The Morgan fingerprint density at radius 1 is 1.38 bits per heavy atom. The highest BCUT2D eigenvalue weighted by Crippen LogP contribution is 2.37. The van der Waals surface area contributed by atoms with E-state index in [1.54, 1.807) is 4.57 Å². The first-order valence-corrected chi connectivity index (χ1v) is 11.1. The molecule has 0 aliphatic rings. The lowest BCUT2D eigenvalue weighted by Gasteiger charge is -2.36. The minimum absolute atomic E-state index is 0.0571. The molecule has 1 unspecified atom stereocenters. The van der Waals surface area contributed by atoms with Gasteiger partial charge in [-0.2, -0.15) is 0 Å². The van der Waals surface area contributed by atoms with Crippen molar-refractivity contribution in [3.63, 3.8) is 0 Å². The summed E-state index contributed by atoms with van der Waals surface area (Å²) in [7, 11) is -2.04. The van der Waals surface area contributed by atoms with Crippen LogP contribution < -0.4 is 9.99 Å². The lowest BCUT2D eigenvalue weighted by molar-refractivity contribution is 0.381. The third-order valence-electron chi connectivity index (χ3n) is 4.38. The molecule has 4 nitrogen and oxygen atoms in total. The summed E-state index contributed by atoms with van der Waals surface area (Å²) in [6.45, 7) is 16.8. The van der Waals surface area contributed by atoms with E-state index < -0.39 is 8.32 Å². The minimum atomic E-state index is -2.04. The summed E-state index contributed by atoms with van der Waals surface area (Å²) in [5.41, 5.74) is 0.610. The number of nitrogens with zero attached hydrogens (tertiary/aromatic N) is 2. The van der Waals surface area contributed by atoms with Crippen LogP contribution in [0, 0.1) is 6.92 Å². The molecule has 1 heterocycles. The zero-order valence-corrected chi connectivity index (χ0v) is 17.0. The van der Waals surface area contributed by atoms with Crippen LogP contribution in [0.3, 0.4) is 0 Å². The van der Waals surface area contributed by atoms with Gasteiger partial charge in [-0.25, -0.2) is 4.98 Å². The van der Waals surface area contributed by atoms with Crippen molar-refractivity contribution in [3.05, 3.63) is 20.5 Å². The molecule has 0 spiro atoms. The normalized spacial score (nSPS) is 14.1. The van der Waals surface area contributed by atoms with E-state index in [1.807, 2.05) is 13.8 Å². The maximum Gasteiger partial charge on any atom is 0.285 e. The van der Waals surface area contributed by atoms with Crippen molar-refractivity contribution in [2.45, 2.75) is 72.1 Å². The molecule has 0 saturated heterocycles. The molecule has 21 heavy (non-hydrogen) atoms. The van der Waals surface area contributed by atoms with Crippen LogP contribution in [0.25, 0.3) is 0 Å². The second kappa shape index (κ2) is 6.24.